The summed E-state index contributed by atoms with van der Waals surface area (Å²) in [6.45, 7) is 4.35. The van der Waals surface area contributed by atoms with Gasteiger partial charge in [-0.3, -0.25) is 10.3 Å². The predicted molar refractivity (Wildman–Crippen MR) is 114 cm³/mol. The number of rotatable bonds is 5. The number of ether oxygens (including phenoxy) is 2. The molecule has 0 aromatic heterocycles. The first-order valence-corrected chi connectivity index (χ1v) is 9.73. The normalized spacial score (nSPS) is 16.4. The average Bonchev–Trinajstić information content (AvgIpc) is 3.17. The average molecular weight is 415 g/mol. The fourth-order valence-corrected chi connectivity index (χ4v) is 3.53. The molecule has 0 unspecified atom stereocenters. The minimum absolute atomic E-state index is 0.0666. The lowest BCUT2D eigenvalue weighted by Gasteiger charge is -2.36. The molecule has 2 aliphatic rings. The van der Waals surface area contributed by atoms with Crippen molar-refractivity contribution in [3.63, 3.8) is 0 Å². The zero-order valence-electron chi connectivity index (χ0n) is 15.8. The molecule has 7 nitrogen and oxygen atoms in total. The summed E-state index contributed by atoms with van der Waals surface area (Å²) in [6.07, 6.45) is 1.48. The van der Waals surface area contributed by atoms with E-state index in [0.29, 0.717) is 11.3 Å². The first-order chi connectivity index (χ1) is 14.1. The van der Waals surface area contributed by atoms with Crippen molar-refractivity contribution in [2.45, 2.75) is 6.54 Å². The van der Waals surface area contributed by atoms with E-state index in [0.717, 1.165) is 44.2 Å². The number of nitrogens with zero attached hydrogens (tertiary/aromatic N) is 3. The number of nitrogens with one attached hydrogen (secondary N) is 1. The van der Waals surface area contributed by atoms with Gasteiger partial charge in [0.05, 0.1) is 11.9 Å². The van der Waals surface area contributed by atoms with E-state index in [4.69, 9.17) is 15.2 Å². The standard InChI is InChI=1S/C20H22FN5O2S/c21-16-9-14(11-23-24-20(22)29)1-3-17(16)26-7-5-25(6-8-26)12-15-2-4-18-19(10-15)28-13-27-18/h1-4,9-11H,5-8,12-13H2,(H3,22,24,29)/b23-11+. The third-order valence-electron chi connectivity index (χ3n) is 4.92. The molecular weight excluding hydrogens is 393 g/mol. The van der Waals surface area contributed by atoms with Crippen LogP contribution in [0.5, 0.6) is 11.5 Å². The summed E-state index contributed by atoms with van der Waals surface area (Å²) in [6, 6.07) is 11.1. The fraction of sp³-hybridized carbons (Fsp3) is 0.300. The number of hydrogen-bond acceptors (Lipinski definition) is 6. The van der Waals surface area contributed by atoms with Gasteiger partial charge in [-0.15, -0.1) is 0 Å². The van der Waals surface area contributed by atoms with Crippen LogP contribution < -0.4 is 25.5 Å². The first-order valence-electron chi connectivity index (χ1n) is 9.32. The van der Waals surface area contributed by atoms with Gasteiger partial charge in [-0.25, -0.2) is 4.39 Å². The van der Waals surface area contributed by atoms with Crippen LogP contribution in [0.15, 0.2) is 41.5 Å². The summed E-state index contributed by atoms with van der Waals surface area (Å²) >= 11 is 4.67. The summed E-state index contributed by atoms with van der Waals surface area (Å²) in [5, 5.41) is 3.92. The van der Waals surface area contributed by atoms with E-state index in [9.17, 15) is 4.39 Å². The zero-order chi connectivity index (χ0) is 20.2. The van der Waals surface area contributed by atoms with Crippen LogP contribution in [0.4, 0.5) is 10.1 Å². The highest BCUT2D eigenvalue weighted by Gasteiger charge is 2.21. The number of halogens is 1. The molecule has 0 saturated carbocycles. The number of anilines is 1. The maximum atomic E-state index is 14.6. The maximum absolute atomic E-state index is 14.6. The molecule has 2 aromatic rings. The second-order valence-corrected chi connectivity index (χ2v) is 7.34. The summed E-state index contributed by atoms with van der Waals surface area (Å²) in [5.41, 5.74) is 10.2. The molecule has 0 aliphatic carbocycles. The fourth-order valence-electron chi connectivity index (χ4n) is 3.47. The van der Waals surface area contributed by atoms with Gasteiger partial charge in [0, 0.05) is 32.7 Å². The van der Waals surface area contributed by atoms with Crippen molar-refractivity contribution in [3.8, 4) is 11.5 Å². The lowest BCUT2D eigenvalue weighted by molar-refractivity contribution is 0.174. The maximum Gasteiger partial charge on any atom is 0.231 e. The molecule has 0 amide bonds. The predicted octanol–water partition coefficient (Wildman–Crippen LogP) is 2.04. The smallest absolute Gasteiger partial charge is 0.231 e. The Morgan fingerprint density at radius 1 is 1.14 bits per heavy atom. The highest BCUT2D eigenvalue weighted by atomic mass is 32.1. The Kier molecular flexibility index (Phi) is 5.77. The van der Waals surface area contributed by atoms with Crippen LogP contribution in [-0.2, 0) is 6.54 Å². The minimum Gasteiger partial charge on any atom is -0.454 e. The van der Waals surface area contributed by atoms with Crippen molar-refractivity contribution in [1.29, 1.82) is 0 Å². The molecule has 9 heteroatoms. The Balaban J connectivity index is 1.33. The van der Waals surface area contributed by atoms with Crippen LogP contribution >= 0.6 is 12.2 Å². The monoisotopic (exact) mass is 415 g/mol. The third-order valence-corrected chi connectivity index (χ3v) is 5.01. The van der Waals surface area contributed by atoms with Crippen LogP contribution in [0.3, 0.4) is 0 Å². The number of piperazine rings is 1. The quantitative estimate of drug-likeness (QED) is 0.440. The van der Waals surface area contributed by atoms with E-state index < -0.39 is 0 Å². The zero-order valence-corrected chi connectivity index (χ0v) is 16.6. The van der Waals surface area contributed by atoms with Gasteiger partial charge < -0.3 is 20.1 Å². The van der Waals surface area contributed by atoms with Crippen molar-refractivity contribution in [1.82, 2.24) is 10.3 Å². The molecule has 2 heterocycles. The molecular formula is C20H22FN5O2S. The number of hydrogen-bond donors (Lipinski definition) is 2. The van der Waals surface area contributed by atoms with Crippen molar-refractivity contribution < 1.29 is 13.9 Å². The van der Waals surface area contributed by atoms with Gasteiger partial charge in [0.2, 0.25) is 6.79 Å². The van der Waals surface area contributed by atoms with Gasteiger partial charge in [0.15, 0.2) is 16.6 Å². The van der Waals surface area contributed by atoms with E-state index in [1.807, 2.05) is 18.2 Å². The topological polar surface area (TPSA) is 75.4 Å². The number of thiocarbonyl (C=S) groups is 1. The van der Waals surface area contributed by atoms with Crippen molar-refractivity contribution >= 4 is 29.2 Å². The first kappa shape index (κ1) is 19.4. The molecule has 2 aromatic carbocycles. The number of fused-ring (bicyclic) bond motifs is 1. The Hall–Kier alpha value is -2.91. The molecule has 0 atom stereocenters. The van der Waals surface area contributed by atoms with E-state index in [1.165, 1.54) is 17.8 Å². The van der Waals surface area contributed by atoms with Crippen LogP contribution in [0, 0.1) is 5.82 Å². The highest BCUT2D eigenvalue weighted by Crippen LogP contribution is 2.33. The molecule has 3 N–H and O–H groups in total. The molecule has 152 valence electrons. The Bertz CT molecular complexity index is 931. The van der Waals surface area contributed by atoms with E-state index >= 15 is 0 Å². The largest absolute Gasteiger partial charge is 0.454 e. The summed E-state index contributed by atoms with van der Waals surface area (Å²) in [7, 11) is 0. The number of benzene rings is 2. The Labute approximate surface area is 173 Å². The van der Waals surface area contributed by atoms with Crippen molar-refractivity contribution in [2.75, 3.05) is 37.9 Å². The van der Waals surface area contributed by atoms with Crippen LogP contribution in [0.2, 0.25) is 0 Å². The van der Waals surface area contributed by atoms with Gasteiger partial charge in [-0.1, -0.05) is 12.1 Å². The van der Waals surface area contributed by atoms with Crippen LogP contribution in [0.25, 0.3) is 0 Å². The third kappa shape index (κ3) is 4.75. The summed E-state index contributed by atoms with van der Waals surface area (Å²) in [4.78, 5) is 4.42. The van der Waals surface area contributed by atoms with Crippen molar-refractivity contribution in [3.05, 3.63) is 53.3 Å². The minimum atomic E-state index is -0.270. The lowest BCUT2D eigenvalue weighted by Crippen LogP contribution is -2.46. The number of nitrogens with two attached hydrogens (primary N) is 1. The van der Waals surface area contributed by atoms with Gasteiger partial charge in [-0.05, 0) is 47.6 Å². The van der Waals surface area contributed by atoms with Gasteiger partial charge in [0.1, 0.15) is 5.82 Å². The van der Waals surface area contributed by atoms with Gasteiger partial charge in [-0.2, -0.15) is 5.10 Å². The van der Waals surface area contributed by atoms with E-state index in [-0.39, 0.29) is 17.7 Å². The van der Waals surface area contributed by atoms with E-state index in [2.05, 4.69) is 38.6 Å². The Morgan fingerprint density at radius 2 is 1.93 bits per heavy atom. The highest BCUT2D eigenvalue weighted by molar-refractivity contribution is 7.80. The SMILES string of the molecule is NC(=S)N/N=C/c1ccc(N2CCN(Cc3ccc4c(c3)OCO4)CC2)c(F)c1. The molecule has 4 rings (SSSR count). The van der Waals surface area contributed by atoms with Gasteiger partial charge in [0.25, 0.3) is 0 Å². The summed E-state index contributed by atoms with van der Waals surface area (Å²) < 4.78 is 25.4. The summed E-state index contributed by atoms with van der Waals surface area (Å²) in [5.74, 6) is 1.33. The second-order valence-electron chi connectivity index (χ2n) is 6.90. The van der Waals surface area contributed by atoms with E-state index in [1.54, 1.807) is 6.07 Å². The Morgan fingerprint density at radius 3 is 2.69 bits per heavy atom. The van der Waals surface area contributed by atoms with Crippen molar-refractivity contribution in [2.24, 2.45) is 10.8 Å². The molecule has 29 heavy (non-hydrogen) atoms. The molecule has 0 radical (unpaired) electrons. The molecule has 1 saturated heterocycles. The molecule has 1 fully saturated rings. The number of hydrazone groups is 1. The lowest BCUT2D eigenvalue weighted by atomic mass is 10.1. The molecule has 0 spiro atoms. The van der Waals surface area contributed by atoms with Crippen LogP contribution in [0.1, 0.15) is 11.1 Å². The van der Waals surface area contributed by atoms with Crippen LogP contribution in [-0.4, -0.2) is 49.2 Å². The molecule has 2 aliphatic heterocycles. The molecule has 0 bridgehead atoms. The second kappa shape index (κ2) is 8.62. The van der Waals surface area contributed by atoms with Gasteiger partial charge >= 0.3 is 0 Å².